The third kappa shape index (κ3) is 1.53. The highest BCUT2D eigenvalue weighted by molar-refractivity contribution is 5.60. The maximum absolute atomic E-state index is 3.75. The topological polar surface area (TPSA) is 24.1 Å². The lowest BCUT2D eigenvalue weighted by molar-refractivity contribution is 0.348. The van der Waals surface area contributed by atoms with Crippen molar-refractivity contribution in [1.29, 1.82) is 0 Å². The molecule has 2 nitrogen and oxygen atoms in total. The number of fused-ring (bicyclic) bond motifs is 1. The van der Waals surface area contributed by atoms with Crippen LogP contribution in [0.1, 0.15) is 24.0 Å². The molecule has 1 fully saturated rings. The number of piperidine rings is 1. The van der Waals surface area contributed by atoms with Crippen molar-refractivity contribution in [2.75, 3.05) is 18.4 Å². The Morgan fingerprint density at radius 3 is 2.80 bits per heavy atom. The number of hydrogen-bond acceptors (Lipinski definition) is 2. The van der Waals surface area contributed by atoms with Crippen molar-refractivity contribution in [3.05, 3.63) is 29.3 Å². The van der Waals surface area contributed by atoms with Crippen LogP contribution in [0.5, 0.6) is 0 Å². The molecule has 2 heteroatoms. The van der Waals surface area contributed by atoms with Gasteiger partial charge in [0.15, 0.2) is 0 Å². The van der Waals surface area contributed by atoms with E-state index in [0.29, 0.717) is 5.54 Å². The van der Waals surface area contributed by atoms with E-state index in [0.717, 1.165) is 13.1 Å². The predicted molar refractivity (Wildman–Crippen MR) is 63.3 cm³/mol. The Kier molecular flexibility index (Phi) is 1.99. The van der Waals surface area contributed by atoms with Crippen molar-refractivity contribution in [3.63, 3.8) is 0 Å². The summed E-state index contributed by atoms with van der Waals surface area (Å²) >= 11 is 0. The van der Waals surface area contributed by atoms with Gasteiger partial charge in [-0.2, -0.15) is 0 Å². The maximum atomic E-state index is 3.75. The molecule has 80 valence electrons. The molecule has 1 saturated heterocycles. The highest BCUT2D eigenvalue weighted by atomic mass is 15.0. The van der Waals surface area contributed by atoms with E-state index in [9.17, 15) is 0 Å². The van der Waals surface area contributed by atoms with E-state index in [1.54, 1.807) is 0 Å². The third-order valence-corrected chi connectivity index (χ3v) is 3.75. The highest BCUT2D eigenvalue weighted by Crippen LogP contribution is 2.37. The van der Waals surface area contributed by atoms with E-state index in [2.05, 4.69) is 35.8 Å². The molecule has 0 saturated carbocycles. The Hall–Kier alpha value is -1.02. The molecule has 2 aliphatic rings. The Bertz CT molecular complexity index is 378. The summed E-state index contributed by atoms with van der Waals surface area (Å²) in [5.74, 6) is 0. The summed E-state index contributed by atoms with van der Waals surface area (Å²) in [5.41, 5.74) is 4.59. The van der Waals surface area contributed by atoms with Gasteiger partial charge in [0.2, 0.25) is 0 Å². The van der Waals surface area contributed by atoms with Crippen LogP contribution in [0.2, 0.25) is 0 Å². The Morgan fingerprint density at radius 2 is 2.00 bits per heavy atom. The molecule has 0 aromatic heterocycles. The SMILES string of the molecule is Cc1ccc2c(c1)NC1(CCNCC1)C2. The van der Waals surface area contributed by atoms with Gasteiger partial charge in [-0.3, -0.25) is 0 Å². The number of hydrogen-bond donors (Lipinski definition) is 2. The zero-order valence-electron chi connectivity index (χ0n) is 9.27. The van der Waals surface area contributed by atoms with E-state index in [4.69, 9.17) is 0 Å². The molecule has 0 radical (unpaired) electrons. The van der Waals surface area contributed by atoms with E-state index >= 15 is 0 Å². The first-order valence-corrected chi connectivity index (χ1v) is 5.86. The monoisotopic (exact) mass is 202 g/mol. The minimum atomic E-state index is 0.362. The second-order valence-electron chi connectivity index (χ2n) is 4.99. The van der Waals surface area contributed by atoms with Crippen molar-refractivity contribution in [2.24, 2.45) is 0 Å². The Morgan fingerprint density at radius 1 is 1.20 bits per heavy atom. The summed E-state index contributed by atoms with van der Waals surface area (Å²) in [6, 6.07) is 6.79. The minimum absolute atomic E-state index is 0.362. The van der Waals surface area contributed by atoms with Crippen molar-refractivity contribution >= 4 is 5.69 Å². The molecule has 2 N–H and O–H groups in total. The summed E-state index contributed by atoms with van der Waals surface area (Å²) in [7, 11) is 0. The zero-order valence-corrected chi connectivity index (χ0v) is 9.27. The number of rotatable bonds is 0. The lowest BCUT2D eigenvalue weighted by atomic mass is 9.86. The summed E-state index contributed by atoms with van der Waals surface area (Å²) < 4.78 is 0. The van der Waals surface area contributed by atoms with Gasteiger partial charge in [-0.05, 0) is 56.5 Å². The predicted octanol–water partition coefficient (Wildman–Crippen LogP) is 2.09. The van der Waals surface area contributed by atoms with E-state index in [-0.39, 0.29) is 0 Å². The van der Waals surface area contributed by atoms with Crippen LogP contribution in [-0.4, -0.2) is 18.6 Å². The molecule has 1 aromatic carbocycles. The Balaban J connectivity index is 1.90. The Labute approximate surface area is 91.1 Å². The standard InChI is InChI=1S/C13H18N2/c1-10-2-3-11-9-13(15-12(11)8-10)4-6-14-7-5-13/h2-3,8,14-15H,4-7,9H2,1H3. The fraction of sp³-hybridized carbons (Fsp3) is 0.538. The highest BCUT2D eigenvalue weighted by Gasteiger charge is 2.37. The van der Waals surface area contributed by atoms with Crippen LogP contribution in [0, 0.1) is 6.92 Å². The molecule has 2 aliphatic heterocycles. The number of benzene rings is 1. The van der Waals surface area contributed by atoms with Crippen LogP contribution >= 0.6 is 0 Å². The van der Waals surface area contributed by atoms with Gasteiger partial charge in [-0.15, -0.1) is 0 Å². The maximum Gasteiger partial charge on any atom is 0.0439 e. The van der Waals surface area contributed by atoms with Gasteiger partial charge in [0.05, 0.1) is 0 Å². The summed E-state index contributed by atoms with van der Waals surface area (Å²) in [4.78, 5) is 0. The summed E-state index contributed by atoms with van der Waals surface area (Å²) in [6.07, 6.45) is 3.71. The molecule has 0 atom stereocenters. The summed E-state index contributed by atoms with van der Waals surface area (Å²) in [5, 5.41) is 7.18. The fourth-order valence-electron chi connectivity index (χ4n) is 2.86. The average Bonchev–Trinajstić information content (AvgIpc) is 2.56. The van der Waals surface area contributed by atoms with E-state index in [1.165, 1.54) is 36.1 Å². The molecule has 0 bridgehead atoms. The number of nitrogens with one attached hydrogen (secondary N) is 2. The van der Waals surface area contributed by atoms with Gasteiger partial charge >= 0.3 is 0 Å². The molecule has 2 heterocycles. The lowest BCUT2D eigenvalue weighted by Gasteiger charge is -2.34. The van der Waals surface area contributed by atoms with Crippen LogP contribution in [-0.2, 0) is 6.42 Å². The second kappa shape index (κ2) is 3.24. The van der Waals surface area contributed by atoms with Crippen LogP contribution in [0.25, 0.3) is 0 Å². The molecule has 0 aliphatic carbocycles. The quantitative estimate of drug-likeness (QED) is 0.673. The van der Waals surface area contributed by atoms with Gasteiger partial charge in [0, 0.05) is 11.2 Å². The average molecular weight is 202 g/mol. The van der Waals surface area contributed by atoms with Gasteiger partial charge < -0.3 is 10.6 Å². The minimum Gasteiger partial charge on any atom is -0.379 e. The third-order valence-electron chi connectivity index (χ3n) is 3.75. The van der Waals surface area contributed by atoms with Crippen LogP contribution in [0.15, 0.2) is 18.2 Å². The van der Waals surface area contributed by atoms with Gasteiger partial charge in [0.25, 0.3) is 0 Å². The van der Waals surface area contributed by atoms with Gasteiger partial charge in [-0.25, -0.2) is 0 Å². The van der Waals surface area contributed by atoms with Gasteiger partial charge in [0.1, 0.15) is 0 Å². The first-order valence-electron chi connectivity index (χ1n) is 5.86. The lowest BCUT2D eigenvalue weighted by Crippen LogP contribution is -2.46. The van der Waals surface area contributed by atoms with Crippen molar-refractivity contribution < 1.29 is 0 Å². The largest absolute Gasteiger partial charge is 0.379 e. The van der Waals surface area contributed by atoms with Gasteiger partial charge in [-0.1, -0.05) is 12.1 Å². The van der Waals surface area contributed by atoms with Crippen LogP contribution in [0.3, 0.4) is 0 Å². The first-order chi connectivity index (χ1) is 7.27. The van der Waals surface area contributed by atoms with E-state index < -0.39 is 0 Å². The molecule has 0 amide bonds. The second-order valence-corrected chi connectivity index (χ2v) is 4.99. The number of anilines is 1. The molecule has 0 unspecified atom stereocenters. The van der Waals surface area contributed by atoms with Crippen LogP contribution < -0.4 is 10.6 Å². The molecule has 1 spiro atoms. The number of aryl methyl sites for hydroxylation is 1. The van der Waals surface area contributed by atoms with E-state index in [1.807, 2.05) is 0 Å². The smallest absolute Gasteiger partial charge is 0.0439 e. The molecular weight excluding hydrogens is 184 g/mol. The molecule has 3 rings (SSSR count). The van der Waals surface area contributed by atoms with Crippen molar-refractivity contribution in [2.45, 2.75) is 31.7 Å². The molecule has 15 heavy (non-hydrogen) atoms. The molecular formula is C13H18N2. The van der Waals surface area contributed by atoms with Crippen molar-refractivity contribution in [3.8, 4) is 0 Å². The molecule has 1 aromatic rings. The summed E-state index contributed by atoms with van der Waals surface area (Å²) in [6.45, 7) is 4.47. The normalized spacial score (nSPS) is 22.5. The van der Waals surface area contributed by atoms with Crippen molar-refractivity contribution in [1.82, 2.24) is 5.32 Å². The fourth-order valence-corrected chi connectivity index (χ4v) is 2.86. The first kappa shape index (κ1) is 9.22. The van der Waals surface area contributed by atoms with Crippen LogP contribution in [0.4, 0.5) is 5.69 Å². The zero-order chi connectivity index (χ0) is 10.3.